The molecule has 0 bridgehead atoms. The average molecular weight is 200 g/mol. The van der Waals surface area contributed by atoms with Gasteiger partial charge in [0.15, 0.2) is 0 Å². The molecule has 2 amide bonds. The van der Waals surface area contributed by atoms with Crippen LogP contribution in [0.3, 0.4) is 0 Å². The number of esters is 1. The summed E-state index contributed by atoms with van der Waals surface area (Å²) in [7, 11) is 2.77. The third-order valence-electron chi connectivity index (χ3n) is 1.68. The minimum Gasteiger partial charge on any atom is -0.467 e. The summed E-state index contributed by atoms with van der Waals surface area (Å²) in [5, 5.41) is 4.85. The van der Waals surface area contributed by atoms with Crippen molar-refractivity contribution < 1.29 is 14.3 Å². The lowest BCUT2D eigenvalue weighted by molar-refractivity contribution is -0.142. The zero-order valence-electron chi connectivity index (χ0n) is 8.50. The monoisotopic (exact) mass is 200 g/mol. The highest BCUT2D eigenvalue weighted by molar-refractivity contribution is 5.83. The van der Waals surface area contributed by atoms with Gasteiger partial charge in [0, 0.05) is 7.05 Å². The normalized spacial score (nSPS) is 11.3. The fraction of sp³-hybridized carbons (Fsp3) is 0.556. The molecule has 0 heterocycles. The molecule has 2 N–H and O–H groups in total. The van der Waals surface area contributed by atoms with Crippen LogP contribution in [-0.2, 0) is 9.53 Å². The number of urea groups is 1. The van der Waals surface area contributed by atoms with Gasteiger partial charge >= 0.3 is 12.0 Å². The van der Waals surface area contributed by atoms with Crippen LogP contribution in [0.5, 0.6) is 0 Å². The molecule has 0 radical (unpaired) electrons. The first-order chi connectivity index (χ1) is 6.65. The minimum absolute atomic E-state index is 0.399. The molecule has 0 fully saturated rings. The Bertz CT molecular complexity index is 216. The number of rotatable bonds is 5. The van der Waals surface area contributed by atoms with Crippen molar-refractivity contribution in [3.8, 4) is 0 Å². The van der Waals surface area contributed by atoms with Gasteiger partial charge in [0.2, 0.25) is 0 Å². The molecule has 0 saturated heterocycles. The number of amides is 2. The van der Waals surface area contributed by atoms with Crippen LogP contribution < -0.4 is 10.6 Å². The van der Waals surface area contributed by atoms with Crippen LogP contribution in [0.1, 0.15) is 12.8 Å². The van der Waals surface area contributed by atoms with Gasteiger partial charge in [-0.05, 0) is 12.8 Å². The standard InChI is InChI=1S/C9H16N2O3/c1-4-5-6-7(8(12)14-3)11-9(13)10-2/h4,7H,1,5-6H2,2-3H3,(H2,10,11,13)/t7-/m0/s1. The second kappa shape index (κ2) is 6.94. The Labute approximate surface area is 83.5 Å². The quantitative estimate of drug-likeness (QED) is 0.499. The molecule has 0 aliphatic rings. The van der Waals surface area contributed by atoms with Gasteiger partial charge in [0.1, 0.15) is 6.04 Å². The molecule has 5 heteroatoms. The Hall–Kier alpha value is -1.52. The average Bonchev–Trinajstić information content (AvgIpc) is 2.22. The summed E-state index contributed by atoms with van der Waals surface area (Å²) in [6.07, 6.45) is 2.81. The molecule has 14 heavy (non-hydrogen) atoms. The summed E-state index contributed by atoms with van der Waals surface area (Å²) in [6, 6.07) is -1.01. The number of hydrogen-bond donors (Lipinski definition) is 2. The van der Waals surface area contributed by atoms with E-state index in [0.29, 0.717) is 12.8 Å². The van der Waals surface area contributed by atoms with Crippen molar-refractivity contribution in [2.24, 2.45) is 0 Å². The Balaban J connectivity index is 4.16. The molecular weight excluding hydrogens is 184 g/mol. The molecule has 80 valence electrons. The minimum atomic E-state index is -0.613. The van der Waals surface area contributed by atoms with E-state index in [9.17, 15) is 9.59 Å². The maximum absolute atomic E-state index is 11.2. The number of nitrogens with one attached hydrogen (secondary N) is 2. The van der Waals surface area contributed by atoms with Crippen LogP contribution in [0.2, 0.25) is 0 Å². The fourth-order valence-electron chi connectivity index (χ4n) is 0.906. The van der Waals surface area contributed by atoms with Gasteiger partial charge in [0.05, 0.1) is 7.11 Å². The predicted octanol–water partition coefficient (Wildman–Crippen LogP) is 0.423. The summed E-state index contributed by atoms with van der Waals surface area (Å²) >= 11 is 0. The Morgan fingerprint density at radius 3 is 2.64 bits per heavy atom. The van der Waals surface area contributed by atoms with Crippen molar-refractivity contribution in [1.29, 1.82) is 0 Å². The van der Waals surface area contributed by atoms with E-state index in [-0.39, 0.29) is 0 Å². The van der Waals surface area contributed by atoms with Crippen LogP contribution in [0.15, 0.2) is 12.7 Å². The van der Waals surface area contributed by atoms with Crippen molar-refractivity contribution in [3.05, 3.63) is 12.7 Å². The molecule has 0 aromatic heterocycles. The lowest BCUT2D eigenvalue weighted by atomic mass is 10.1. The van der Waals surface area contributed by atoms with Gasteiger partial charge < -0.3 is 15.4 Å². The third kappa shape index (κ3) is 4.49. The molecule has 0 rings (SSSR count). The van der Waals surface area contributed by atoms with Crippen LogP contribution in [-0.4, -0.2) is 32.2 Å². The van der Waals surface area contributed by atoms with Crippen molar-refractivity contribution in [2.75, 3.05) is 14.2 Å². The van der Waals surface area contributed by atoms with E-state index < -0.39 is 18.0 Å². The first kappa shape index (κ1) is 12.5. The molecule has 0 aliphatic heterocycles. The van der Waals surface area contributed by atoms with Crippen molar-refractivity contribution in [2.45, 2.75) is 18.9 Å². The van der Waals surface area contributed by atoms with Gasteiger partial charge in [0.25, 0.3) is 0 Å². The lowest BCUT2D eigenvalue weighted by Crippen LogP contribution is -2.45. The SMILES string of the molecule is C=CCC[C@H](NC(=O)NC)C(=O)OC. The fourth-order valence-corrected chi connectivity index (χ4v) is 0.906. The topological polar surface area (TPSA) is 67.4 Å². The summed E-state index contributed by atoms with van der Waals surface area (Å²) in [5.74, 6) is -0.449. The molecule has 1 atom stereocenters. The van der Waals surface area contributed by atoms with Crippen LogP contribution >= 0.6 is 0 Å². The molecule has 0 spiro atoms. The summed E-state index contributed by atoms with van der Waals surface area (Å²) < 4.78 is 4.54. The van der Waals surface area contributed by atoms with Crippen molar-refractivity contribution in [3.63, 3.8) is 0 Å². The molecule has 5 nitrogen and oxygen atoms in total. The third-order valence-corrected chi connectivity index (χ3v) is 1.68. The molecule has 0 aromatic rings. The Morgan fingerprint density at radius 2 is 2.21 bits per heavy atom. The molecular formula is C9H16N2O3. The largest absolute Gasteiger partial charge is 0.467 e. The number of ether oxygens (including phenoxy) is 1. The van der Waals surface area contributed by atoms with E-state index in [4.69, 9.17) is 0 Å². The van der Waals surface area contributed by atoms with E-state index >= 15 is 0 Å². The van der Waals surface area contributed by atoms with E-state index in [1.807, 2.05) is 0 Å². The first-order valence-electron chi connectivity index (χ1n) is 4.32. The van der Waals surface area contributed by atoms with E-state index in [2.05, 4.69) is 21.9 Å². The van der Waals surface area contributed by atoms with E-state index in [1.165, 1.54) is 14.2 Å². The second-order valence-corrected chi connectivity index (χ2v) is 2.67. The molecule has 0 aliphatic carbocycles. The summed E-state index contributed by atoms with van der Waals surface area (Å²) in [6.45, 7) is 3.54. The van der Waals surface area contributed by atoms with Crippen LogP contribution in [0.4, 0.5) is 4.79 Å². The van der Waals surface area contributed by atoms with Gasteiger partial charge in [-0.1, -0.05) is 6.08 Å². The number of allylic oxidation sites excluding steroid dienone is 1. The van der Waals surface area contributed by atoms with Crippen LogP contribution in [0.25, 0.3) is 0 Å². The molecule has 0 saturated carbocycles. The van der Waals surface area contributed by atoms with Crippen LogP contribution in [0, 0.1) is 0 Å². The smallest absolute Gasteiger partial charge is 0.328 e. The predicted molar refractivity (Wildman–Crippen MR) is 52.8 cm³/mol. The number of hydrogen-bond acceptors (Lipinski definition) is 3. The maximum Gasteiger partial charge on any atom is 0.328 e. The zero-order chi connectivity index (χ0) is 11.0. The second-order valence-electron chi connectivity index (χ2n) is 2.67. The van der Waals surface area contributed by atoms with Gasteiger partial charge in [-0.25, -0.2) is 9.59 Å². The molecule has 0 unspecified atom stereocenters. The van der Waals surface area contributed by atoms with E-state index in [0.717, 1.165) is 0 Å². The number of carbonyl (C=O) groups excluding carboxylic acids is 2. The lowest BCUT2D eigenvalue weighted by Gasteiger charge is -2.14. The Kier molecular flexibility index (Phi) is 6.19. The number of methoxy groups -OCH3 is 1. The van der Waals surface area contributed by atoms with Crippen molar-refractivity contribution >= 4 is 12.0 Å². The highest BCUT2D eigenvalue weighted by Crippen LogP contribution is 1.99. The Morgan fingerprint density at radius 1 is 1.57 bits per heavy atom. The number of carbonyl (C=O) groups is 2. The summed E-state index contributed by atoms with van der Waals surface area (Å²) in [5.41, 5.74) is 0. The first-order valence-corrected chi connectivity index (χ1v) is 4.32. The highest BCUT2D eigenvalue weighted by atomic mass is 16.5. The highest BCUT2D eigenvalue weighted by Gasteiger charge is 2.19. The van der Waals surface area contributed by atoms with Crippen molar-refractivity contribution in [1.82, 2.24) is 10.6 Å². The van der Waals surface area contributed by atoms with Gasteiger partial charge in [-0.3, -0.25) is 0 Å². The van der Waals surface area contributed by atoms with Gasteiger partial charge in [-0.15, -0.1) is 6.58 Å². The van der Waals surface area contributed by atoms with E-state index in [1.54, 1.807) is 6.08 Å². The molecule has 0 aromatic carbocycles. The summed E-state index contributed by atoms with van der Waals surface area (Å²) in [4.78, 5) is 22.1. The van der Waals surface area contributed by atoms with Gasteiger partial charge in [-0.2, -0.15) is 0 Å². The maximum atomic E-state index is 11.2. The zero-order valence-corrected chi connectivity index (χ0v) is 8.50.